The van der Waals surface area contributed by atoms with Gasteiger partial charge in [-0.25, -0.2) is 4.79 Å². The Morgan fingerprint density at radius 2 is 2.06 bits per heavy atom. The Morgan fingerprint density at radius 1 is 1.29 bits per heavy atom. The number of amides is 1. The first-order chi connectivity index (χ1) is 16.7. The molecular weight excluding hydrogens is 438 g/mol. The minimum atomic E-state index is -0.472. The number of nitriles is 1. The number of piperidine rings is 1. The Bertz CT molecular complexity index is 1270. The summed E-state index contributed by atoms with van der Waals surface area (Å²) in [5, 5.41) is 14.3. The lowest BCUT2D eigenvalue weighted by molar-refractivity contribution is 0.0185. The lowest BCUT2D eigenvalue weighted by Gasteiger charge is -2.33. The summed E-state index contributed by atoms with van der Waals surface area (Å²) in [4.78, 5) is 21.6. The molecule has 0 unspecified atom stereocenters. The van der Waals surface area contributed by atoms with Gasteiger partial charge in [-0.05, 0) is 76.6 Å². The second-order valence-corrected chi connectivity index (χ2v) is 10.1. The molecule has 3 aromatic rings. The van der Waals surface area contributed by atoms with Gasteiger partial charge >= 0.3 is 6.09 Å². The highest BCUT2D eigenvalue weighted by atomic mass is 16.6. The van der Waals surface area contributed by atoms with Gasteiger partial charge in [-0.15, -0.1) is 0 Å². The van der Waals surface area contributed by atoms with Crippen molar-refractivity contribution in [2.24, 2.45) is 5.92 Å². The number of fused-ring (bicyclic) bond motifs is 1. The van der Waals surface area contributed by atoms with Gasteiger partial charge in [0.25, 0.3) is 0 Å². The average molecular weight is 472 g/mol. The maximum absolute atomic E-state index is 12.3. The number of carbonyl (C=O) groups excluding carboxylic acids is 1. The summed E-state index contributed by atoms with van der Waals surface area (Å²) in [6.45, 7) is 9.18. The fraction of sp³-hybridized carbons (Fsp3) is 0.393. The van der Waals surface area contributed by atoms with Crippen molar-refractivity contribution in [1.29, 1.82) is 5.26 Å². The van der Waals surface area contributed by atoms with E-state index in [2.05, 4.69) is 40.4 Å². The number of H-pyrrole nitrogens is 1. The smallest absolute Gasteiger partial charge is 0.410 e. The Hall–Kier alpha value is -3.79. The van der Waals surface area contributed by atoms with Crippen LogP contribution in [0.5, 0.6) is 0 Å². The molecule has 35 heavy (non-hydrogen) atoms. The molecule has 7 heteroatoms. The summed E-state index contributed by atoms with van der Waals surface area (Å²) in [7, 11) is 0. The predicted octanol–water partition coefficient (Wildman–Crippen LogP) is 6.54. The number of aromatic nitrogens is 2. The van der Waals surface area contributed by atoms with Gasteiger partial charge in [0.2, 0.25) is 0 Å². The number of nitrogens with zero attached hydrogens (tertiary/aromatic N) is 3. The molecule has 7 nitrogen and oxygen atoms in total. The van der Waals surface area contributed by atoms with Crippen molar-refractivity contribution in [3.8, 4) is 6.07 Å². The Balaban J connectivity index is 1.43. The number of allylic oxidation sites excluding steroid dienone is 1. The molecule has 0 radical (unpaired) electrons. The number of aryl methyl sites for hydroxylation is 1. The van der Waals surface area contributed by atoms with Crippen LogP contribution in [0, 0.1) is 24.2 Å². The summed E-state index contributed by atoms with van der Waals surface area (Å²) in [6.07, 6.45) is 12.1. The first-order valence-corrected chi connectivity index (χ1v) is 12.1. The van der Waals surface area contributed by atoms with Gasteiger partial charge in [-0.3, -0.25) is 4.98 Å². The third kappa shape index (κ3) is 5.83. The van der Waals surface area contributed by atoms with E-state index in [1.165, 1.54) is 0 Å². The number of hydrogen-bond donors (Lipinski definition) is 2. The SMILES string of the molecule is Cc1c(Nc2c(C#N)cncc2/C=C/CC2CCN(C(=O)OC(C)(C)C)CC2)ccc2[nH]ccc12. The molecule has 3 heterocycles. The largest absolute Gasteiger partial charge is 0.444 e. The van der Waals surface area contributed by atoms with Crippen LogP contribution in [-0.4, -0.2) is 39.7 Å². The third-order valence-electron chi connectivity index (χ3n) is 6.39. The molecule has 1 fully saturated rings. The van der Waals surface area contributed by atoms with Crippen molar-refractivity contribution < 1.29 is 9.53 Å². The minimum absolute atomic E-state index is 0.227. The zero-order valence-corrected chi connectivity index (χ0v) is 20.9. The maximum Gasteiger partial charge on any atom is 0.410 e. The normalized spacial score (nSPS) is 14.9. The predicted molar refractivity (Wildman–Crippen MR) is 139 cm³/mol. The quantitative estimate of drug-likeness (QED) is 0.441. The van der Waals surface area contributed by atoms with E-state index < -0.39 is 5.60 Å². The van der Waals surface area contributed by atoms with Gasteiger partial charge in [0, 0.05) is 53.8 Å². The first-order valence-electron chi connectivity index (χ1n) is 12.1. The van der Waals surface area contributed by atoms with Gasteiger partial charge in [0.1, 0.15) is 11.7 Å². The van der Waals surface area contributed by atoms with E-state index in [-0.39, 0.29) is 6.09 Å². The molecule has 1 amide bonds. The lowest BCUT2D eigenvalue weighted by Crippen LogP contribution is -2.41. The summed E-state index contributed by atoms with van der Waals surface area (Å²) in [6, 6.07) is 8.39. The highest BCUT2D eigenvalue weighted by molar-refractivity contribution is 5.89. The van der Waals surface area contributed by atoms with Crippen molar-refractivity contribution in [2.75, 3.05) is 18.4 Å². The van der Waals surface area contributed by atoms with Crippen LogP contribution in [0.25, 0.3) is 17.0 Å². The number of aromatic amines is 1. The first kappa shape index (κ1) is 24.3. The molecule has 1 aliphatic heterocycles. The van der Waals surface area contributed by atoms with Crippen molar-refractivity contribution in [3.05, 3.63) is 59.6 Å². The number of hydrogen-bond acceptors (Lipinski definition) is 5. The topological polar surface area (TPSA) is 94.0 Å². The van der Waals surface area contributed by atoms with Gasteiger partial charge in [-0.1, -0.05) is 12.2 Å². The number of benzene rings is 1. The van der Waals surface area contributed by atoms with Gasteiger partial charge in [-0.2, -0.15) is 5.26 Å². The second-order valence-electron chi connectivity index (χ2n) is 10.1. The molecule has 0 bridgehead atoms. The molecule has 2 N–H and O–H groups in total. The Labute approximate surface area is 206 Å². The molecule has 2 aromatic heterocycles. The van der Waals surface area contributed by atoms with E-state index in [0.29, 0.717) is 24.6 Å². The van der Waals surface area contributed by atoms with Crippen molar-refractivity contribution in [2.45, 2.75) is 52.6 Å². The van der Waals surface area contributed by atoms with E-state index in [4.69, 9.17) is 4.74 Å². The summed E-state index contributed by atoms with van der Waals surface area (Å²) in [5.74, 6) is 0.506. The minimum Gasteiger partial charge on any atom is -0.444 e. The molecule has 0 aliphatic carbocycles. The van der Waals surface area contributed by atoms with Crippen molar-refractivity contribution in [1.82, 2.24) is 14.9 Å². The fourth-order valence-electron chi connectivity index (χ4n) is 4.45. The highest BCUT2D eigenvalue weighted by Gasteiger charge is 2.26. The number of pyridine rings is 1. The van der Waals surface area contributed by atoms with Crippen LogP contribution in [0.4, 0.5) is 16.2 Å². The zero-order valence-electron chi connectivity index (χ0n) is 20.9. The molecular formula is C28H33N5O2. The van der Waals surface area contributed by atoms with Crippen molar-refractivity contribution in [3.63, 3.8) is 0 Å². The summed E-state index contributed by atoms with van der Waals surface area (Å²) in [5.41, 5.74) is 4.84. The maximum atomic E-state index is 12.3. The Morgan fingerprint density at radius 3 is 2.77 bits per heavy atom. The third-order valence-corrected chi connectivity index (χ3v) is 6.39. The van der Waals surface area contributed by atoms with E-state index in [9.17, 15) is 10.1 Å². The van der Waals surface area contributed by atoms with Crippen LogP contribution in [0.15, 0.2) is 42.9 Å². The number of carbonyl (C=O) groups is 1. The molecule has 182 valence electrons. The highest BCUT2D eigenvalue weighted by Crippen LogP contribution is 2.31. The van der Waals surface area contributed by atoms with Crippen LogP contribution >= 0.6 is 0 Å². The number of anilines is 2. The molecule has 1 aromatic carbocycles. The molecule has 0 spiro atoms. The summed E-state index contributed by atoms with van der Waals surface area (Å²) < 4.78 is 5.49. The fourth-order valence-corrected chi connectivity index (χ4v) is 4.45. The van der Waals surface area contributed by atoms with Gasteiger partial charge in [0.15, 0.2) is 0 Å². The number of ether oxygens (including phenoxy) is 1. The molecule has 1 aliphatic rings. The van der Waals surface area contributed by atoms with Gasteiger partial charge < -0.3 is 19.9 Å². The number of likely N-dealkylation sites (tertiary alicyclic amines) is 1. The van der Waals surface area contributed by atoms with E-state index in [1.807, 2.05) is 45.2 Å². The average Bonchev–Trinajstić information content (AvgIpc) is 3.31. The van der Waals surface area contributed by atoms with Crippen molar-refractivity contribution >= 4 is 34.4 Å². The number of rotatable bonds is 5. The van der Waals surface area contributed by atoms with Crippen LogP contribution < -0.4 is 5.32 Å². The Kier molecular flexibility index (Phi) is 7.11. The van der Waals surface area contributed by atoms with Crippen LogP contribution in [-0.2, 0) is 4.74 Å². The monoisotopic (exact) mass is 471 g/mol. The standard InChI is InChI=1S/C28H33N5O2/c1-19-23-10-13-31-25(23)9-8-24(19)32-26-21(17-30-18-22(26)16-29)7-5-6-20-11-14-33(15-12-20)27(34)35-28(2,3)4/h5,7-10,13,17-18,20,31H,6,11-12,14-15H2,1-4H3,(H,30,32)/b7-5+. The van der Waals surface area contributed by atoms with E-state index in [0.717, 1.165) is 52.7 Å². The van der Waals surface area contributed by atoms with Crippen LogP contribution in [0.1, 0.15) is 56.7 Å². The van der Waals surface area contributed by atoms with E-state index >= 15 is 0 Å². The lowest BCUT2D eigenvalue weighted by atomic mass is 9.93. The van der Waals surface area contributed by atoms with Crippen LogP contribution in [0.2, 0.25) is 0 Å². The molecule has 0 saturated carbocycles. The van der Waals surface area contributed by atoms with Gasteiger partial charge in [0.05, 0.1) is 11.3 Å². The molecule has 0 atom stereocenters. The molecule has 4 rings (SSSR count). The van der Waals surface area contributed by atoms with E-state index in [1.54, 1.807) is 17.3 Å². The summed E-state index contributed by atoms with van der Waals surface area (Å²) >= 11 is 0. The van der Waals surface area contributed by atoms with Crippen LogP contribution in [0.3, 0.4) is 0 Å². The second kappa shape index (κ2) is 10.2. The molecule has 1 saturated heterocycles. The number of nitrogens with one attached hydrogen (secondary N) is 2. The zero-order chi connectivity index (χ0) is 25.0.